The van der Waals surface area contributed by atoms with Gasteiger partial charge in [-0.3, -0.25) is 4.79 Å². The lowest BCUT2D eigenvalue weighted by atomic mass is 10.0. The second-order valence-electron chi connectivity index (χ2n) is 7.21. The van der Waals surface area contributed by atoms with Gasteiger partial charge >= 0.3 is 0 Å². The zero-order chi connectivity index (χ0) is 21.0. The van der Waals surface area contributed by atoms with E-state index in [-0.39, 0.29) is 17.9 Å². The van der Waals surface area contributed by atoms with Crippen LogP contribution in [0.5, 0.6) is 0 Å². The number of methoxy groups -OCH3 is 1. The van der Waals surface area contributed by atoms with Gasteiger partial charge in [0.25, 0.3) is 5.91 Å². The van der Waals surface area contributed by atoms with E-state index in [1.54, 1.807) is 17.9 Å². The van der Waals surface area contributed by atoms with Gasteiger partial charge in [-0.2, -0.15) is 4.68 Å². The molecule has 1 aromatic heterocycles. The summed E-state index contributed by atoms with van der Waals surface area (Å²) in [5, 5.41) is 15.7. The minimum atomic E-state index is -0.189. The molecule has 0 radical (unpaired) electrons. The van der Waals surface area contributed by atoms with Crippen LogP contribution in [-0.2, 0) is 4.74 Å². The van der Waals surface area contributed by atoms with Gasteiger partial charge in [0, 0.05) is 29.7 Å². The minimum Gasteiger partial charge on any atom is -0.383 e. The van der Waals surface area contributed by atoms with E-state index in [9.17, 15) is 4.79 Å². The molecule has 1 amide bonds. The second kappa shape index (κ2) is 9.15. The Labute approximate surface area is 175 Å². The van der Waals surface area contributed by atoms with Crippen LogP contribution in [0, 0.1) is 0 Å². The van der Waals surface area contributed by atoms with E-state index in [0.717, 1.165) is 22.6 Å². The molecule has 0 aliphatic rings. The number of tetrazole rings is 1. The van der Waals surface area contributed by atoms with Gasteiger partial charge in [0.2, 0.25) is 0 Å². The van der Waals surface area contributed by atoms with Gasteiger partial charge in [-0.1, -0.05) is 37.6 Å². The van der Waals surface area contributed by atoms with Crippen LogP contribution in [0.4, 0.5) is 0 Å². The van der Waals surface area contributed by atoms with Gasteiger partial charge in [0.15, 0.2) is 5.82 Å². The predicted molar refractivity (Wildman–Crippen MR) is 112 cm³/mol. The second-order valence-corrected chi connectivity index (χ2v) is 7.65. The molecule has 0 aliphatic heterocycles. The van der Waals surface area contributed by atoms with Crippen LogP contribution in [0.1, 0.15) is 42.9 Å². The standard InChI is InChI=1S/C21H24ClN5O2/c1-13(2)20-24-25-26-27(20)19-10-16(15-5-7-18(22)8-6-15)9-17(11-19)21(28)23-14(3)12-29-4/h5-11,13-14H,12H2,1-4H3,(H,23,28). The van der Waals surface area contributed by atoms with Gasteiger partial charge in [0.1, 0.15) is 0 Å². The Bertz CT molecular complexity index is 985. The molecule has 3 aromatic rings. The van der Waals surface area contributed by atoms with E-state index in [0.29, 0.717) is 17.2 Å². The van der Waals surface area contributed by atoms with Crippen molar-refractivity contribution in [2.75, 3.05) is 13.7 Å². The van der Waals surface area contributed by atoms with Crippen LogP contribution in [-0.4, -0.2) is 45.9 Å². The lowest BCUT2D eigenvalue weighted by molar-refractivity contribution is 0.0905. The lowest BCUT2D eigenvalue weighted by Gasteiger charge is -2.15. The average molecular weight is 414 g/mol. The molecule has 2 aromatic carbocycles. The largest absolute Gasteiger partial charge is 0.383 e. The Morgan fingerprint density at radius 1 is 1.14 bits per heavy atom. The number of benzene rings is 2. The summed E-state index contributed by atoms with van der Waals surface area (Å²) >= 11 is 6.03. The Kier molecular flexibility index (Phi) is 6.61. The summed E-state index contributed by atoms with van der Waals surface area (Å²) in [6.07, 6.45) is 0. The first-order valence-electron chi connectivity index (χ1n) is 9.38. The van der Waals surface area contributed by atoms with Crippen molar-refractivity contribution in [2.45, 2.75) is 32.7 Å². The summed E-state index contributed by atoms with van der Waals surface area (Å²) in [5.74, 6) is 0.659. The monoisotopic (exact) mass is 413 g/mol. The SMILES string of the molecule is COCC(C)NC(=O)c1cc(-c2ccc(Cl)cc2)cc(-n2nnnc2C(C)C)c1. The van der Waals surface area contributed by atoms with Crippen LogP contribution in [0.2, 0.25) is 5.02 Å². The molecule has 0 saturated heterocycles. The number of aromatic nitrogens is 4. The number of hydrogen-bond acceptors (Lipinski definition) is 5. The lowest BCUT2D eigenvalue weighted by Crippen LogP contribution is -2.35. The zero-order valence-corrected chi connectivity index (χ0v) is 17.6. The molecule has 3 rings (SSSR count). The fourth-order valence-electron chi connectivity index (χ4n) is 3.01. The molecule has 0 aliphatic carbocycles. The highest BCUT2D eigenvalue weighted by Gasteiger charge is 2.17. The van der Waals surface area contributed by atoms with Gasteiger partial charge in [-0.05, 0) is 58.8 Å². The Balaban J connectivity index is 2.08. The number of carbonyl (C=O) groups excluding carboxylic acids is 1. The van der Waals surface area contributed by atoms with Crippen LogP contribution >= 0.6 is 11.6 Å². The molecule has 1 unspecified atom stereocenters. The highest BCUT2D eigenvalue weighted by Crippen LogP contribution is 2.27. The van der Waals surface area contributed by atoms with Crippen LogP contribution < -0.4 is 5.32 Å². The summed E-state index contributed by atoms with van der Waals surface area (Å²) in [5.41, 5.74) is 3.04. The average Bonchev–Trinajstić information content (AvgIpc) is 3.18. The third-order valence-electron chi connectivity index (χ3n) is 4.41. The molecule has 8 heteroatoms. The van der Waals surface area contributed by atoms with Gasteiger partial charge in [0.05, 0.1) is 12.3 Å². The summed E-state index contributed by atoms with van der Waals surface area (Å²) in [7, 11) is 1.60. The van der Waals surface area contributed by atoms with E-state index in [2.05, 4.69) is 20.8 Å². The Morgan fingerprint density at radius 2 is 1.86 bits per heavy atom. The van der Waals surface area contributed by atoms with Crippen molar-refractivity contribution < 1.29 is 9.53 Å². The maximum absolute atomic E-state index is 12.9. The molecule has 1 atom stereocenters. The van der Waals surface area contributed by atoms with E-state index < -0.39 is 0 Å². The first kappa shape index (κ1) is 21.0. The molecule has 0 fully saturated rings. The number of halogens is 1. The topological polar surface area (TPSA) is 81.9 Å². The first-order valence-corrected chi connectivity index (χ1v) is 9.76. The quantitative estimate of drug-likeness (QED) is 0.635. The first-order chi connectivity index (χ1) is 13.9. The Morgan fingerprint density at radius 3 is 2.52 bits per heavy atom. The third kappa shape index (κ3) is 4.99. The fraction of sp³-hybridized carbons (Fsp3) is 0.333. The van der Waals surface area contributed by atoms with Crippen LogP contribution in [0.25, 0.3) is 16.8 Å². The van der Waals surface area contributed by atoms with Gasteiger partial charge in [-0.15, -0.1) is 5.10 Å². The van der Waals surface area contributed by atoms with Crippen molar-refractivity contribution in [1.82, 2.24) is 25.5 Å². The van der Waals surface area contributed by atoms with Crippen molar-refractivity contribution in [3.05, 3.63) is 58.9 Å². The van der Waals surface area contributed by atoms with Gasteiger partial charge < -0.3 is 10.1 Å². The normalized spacial score (nSPS) is 12.2. The van der Waals surface area contributed by atoms with E-state index >= 15 is 0 Å². The number of amides is 1. The van der Waals surface area contributed by atoms with Crippen LogP contribution in [0.3, 0.4) is 0 Å². The molecule has 0 bridgehead atoms. The molecule has 0 spiro atoms. The highest BCUT2D eigenvalue weighted by atomic mass is 35.5. The molecule has 7 nitrogen and oxygen atoms in total. The maximum Gasteiger partial charge on any atom is 0.251 e. The molecule has 152 valence electrons. The smallest absolute Gasteiger partial charge is 0.251 e. The minimum absolute atomic E-state index is 0.116. The number of carbonyl (C=O) groups is 1. The van der Waals surface area contributed by atoms with Crippen molar-refractivity contribution in [3.63, 3.8) is 0 Å². The van der Waals surface area contributed by atoms with Crippen molar-refractivity contribution in [3.8, 4) is 16.8 Å². The number of nitrogens with one attached hydrogen (secondary N) is 1. The van der Waals surface area contributed by atoms with E-state index in [1.807, 2.05) is 57.2 Å². The molecule has 0 saturated carbocycles. The molecule has 1 heterocycles. The Hall–Kier alpha value is -2.77. The van der Waals surface area contributed by atoms with E-state index in [1.165, 1.54) is 0 Å². The van der Waals surface area contributed by atoms with Crippen molar-refractivity contribution in [1.29, 1.82) is 0 Å². The molecule has 1 N–H and O–H groups in total. The van der Waals surface area contributed by atoms with Crippen molar-refractivity contribution in [2.24, 2.45) is 0 Å². The number of ether oxygens (including phenoxy) is 1. The van der Waals surface area contributed by atoms with Gasteiger partial charge in [-0.25, -0.2) is 0 Å². The summed E-state index contributed by atoms with van der Waals surface area (Å²) in [4.78, 5) is 12.9. The predicted octanol–water partition coefficient (Wildman–Crippen LogP) is 3.87. The molecule has 29 heavy (non-hydrogen) atoms. The molecular formula is C21H24ClN5O2. The number of rotatable bonds is 7. The summed E-state index contributed by atoms with van der Waals surface area (Å²) in [6, 6.07) is 13.0. The third-order valence-corrected chi connectivity index (χ3v) is 4.66. The highest BCUT2D eigenvalue weighted by molar-refractivity contribution is 6.30. The number of hydrogen-bond donors (Lipinski definition) is 1. The van der Waals surface area contributed by atoms with Crippen LogP contribution in [0.15, 0.2) is 42.5 Å². The summed E-state index contributed by atoms with van der Waals surface area (Å²) < 4.78 is 6.78. The van der Waals surface area contributed by atoms with E-state index in [4.69, 9.17) is 16.3 Å². The summed E-state index contributed by atoms with van der Waals surface area (Å²) in [6.45, 7) is 6.36. The van der Waals surface area contributed by atoms with Crippen molar-refractivity contribution >= 4 is 17.5 Å². The molecular weight excluding hydrogens is 390 g/mol. The maximum atomic E-state index is 12.9. The zero-order valence-electron chi connectivity index (χ0n) is 16.9. The number of nitrogens with zero attached hydrogens (tertiary/aromatic N) is 4. The fourth-order valence-corrected chi connectivity index (χ4v) is 3.14.